The first-order valence-corrected chi connectivity index (χ1v) is 6.58. The minimum atomic E-state index is -0.201. The van der Waals surface area contributed by atoms with E-state index in [0.717, 1.165) is 11.3 Å². The minimum Gasteiger partial charge on any atom is -0.396 e. The van der Waals surface area contributed by atoms with Crippen molar-refractivity contribution >= 4 is 5.91 Å². The van der Waals surface area contributed by atoms with E-state index in [0.29, 0.717) is 12.0 Å². The van der Waals surface area contributed by atoms with E-state index in [4.69, 9.17) is 0 Å². The second-order valence-electron chi connectivity index (χ2n) is 4.72. The van der Waals surface area contributed by atoms with Crippen molar-refractivity contribution in [2.75, 3.05) is 6.61 Å². The molecule has 1 unspecified atom stereocenters. The van der Waals surface area contributed by atoms with Crippen molar-refractivity contribution in [3.8, 4) is 0 Å². The Bertz CT molecular complexity index is 578. The van der Waals surface area contributed by atoms with Crippen LogP contribution in [0.4, 0.5) is 0 Å². The number of amides is 1. The summed E-state index contributed by atoms with van der Waals surface area (Å²) < 4.78 is 1.67. The Balaban J connectivity index is 2.16. The maximum Gasteiger partial charge on any atom is 0.255 e. The van der Waals surface area contributed by atoms with Gasteiger partial charge in [-0.2, -0.15) is 5.10 Å². The molecular weight excluding hydrogens is 254 g/mol. The molecule has 2 N–H and O–H groups in total. The van der Waals surface area contributed by atoms with Crippen molar-refractivity contribution in [1.29, 1.82) is 0 Å². The Kier molecular flexibility index (Phi) is 4.53. The topological polar surface area (TPSA) is 67.2 Å². The number of aliphatic hydroxyl groups excluding tert-OH is 1. The lowest BCUT2D eigenvalue weighted by atomic mass is 10.0. The first kappa shape index (κ1) is 14.3. The maximum absolute atomic E-state index is 12.3. The van der Waals surface area contributed by atoms with E-state index in [1.54, 1.807) is 17.9 Å². The molecule has 0 saturated carbocycles. The first-order valence-electron chi connectivity index (χ1n) is 6.58. The largest absolute Gasteiger partial charge is 0.396 e. The Hall–Kier alpha value is -2.14. The van der Waals surface area contributed by atoms with E-state index in [2.05, 4.69) is 10.4 Å². The number of benzene rings is 1. The maximum atomic E-state index is 12.3. The van der Waals surface area contributed by atoms with Gasteiger partial charge in [0.25, 0.3) is 5.91 Å². The third-order valence-electron chi connectivity index (χ3n) is 3.40. The number of carbonyl (C=O) groups excluding carboxylic acids is 1. The van der Waals surface area contributed by atoms with E-state index in [1.165, 1.54) is 0 Å². The molecule has 5 nitrogen and oxygen atoms in total. The van der Waals surface area contributed by atoms with Crippen LogP contribution in [0.1, 0.15) is 34.1 Å². The fourth-order valence-electron chi connectivity index (χ4n) is 2.09. The fraction of sp³-hybridized carbons (Fsp3) is 0.333. The number of hydrogen-bond donors (Lipinski definition) is 2. The SMILES string of the molecule is Cc1c(C(=O)NC(CCO)c2ccccc2)cnn1C. The normalized spacial score (nSPS) is 12.2. The molecule has 2 rings (SSSR count). The van der Waals surface area contributed by atoms with Crippen LogP contribution in [-0.2, 0) is 7.05 Å². The van der Waals surface area contributed by atoms with Crippen LogP contribution in [0.15, 0.2) is 36.5 Å². The van der Waals surface area contributed by atoms with Crippen LogP contribution in [0, 0.1) is 6.92 Å². The molecule has 0 aliphatic rings. The molecule has 20 heavy (non-hydrogen) atoms. The summed E-state index contributed by atoms with van der Waals surface area (Å²) in [5.41, 5.74) is 2.36. The van der Waals surface area contributed by atoms with Gasteiger partial charge in [0.05, 0.1) is 17.8 Å². The molecule has 0 aliphatic carbocycles. The summed E-state index contributed by atoms with van der Waals surface area (Å²) in [6.45, 7) is 1.87. The molecular formula is C15H19N3O2. The molecule has 0 fully saturated rings. The second kappa shape index (κ2) is 6.34. The fourth-order valence-corrected chi connectivity index (χ4v) is 2.09. The number of rotatable bonds is 5. The van der Waals surface area contributed by atoms with Gasteiger partial charge in [0.1, 0.15) is 0 Å². The molecule has 1 aromatic carbocycles. The van der Waals surface area contributed by atoms with Gasteiger partial charge in [-0.3, -0.25) is 9.48 Å². The lowest BCUT2D eigenvalue weighted by Gasteiger charge is -2.18. The van der Waals surface area contributed by atoms with Crippen molar-refractivity contribution in [2.24, 2.45) is 7.05 Å². The van der Waals surface area contributed by atoms with Gasteiger partial charge in [-0.05, 0) is 18.9 Å². The highest BCUT2D eigenvalue weighted by atomic mass is 16.3. The van der Waals surface area contributed by atoms with E-state index in [9.17, 15) is 9.90 Å². The molecule has 106 valence electrons. The number of nitrogens with one attached hydrogen (secondary N) is 1. The highest BCUT2D eigenvalue weighted by molar-refractivity contribution is 5.95. The summed E-state index contributed by atoms with van der Waals surface area (Å²) in [5, 5.41) is 16.2. The average molecular weight is 273 g/mol. The van der Waals surface area contributed by atoms with Crippen molar-refractivity contribution < 1.29 is 9.90 Å². The van der Waals surface area contributed by atoms with Crippen LogP contribution in [0.2, 0.25) is 0 Å². The van der Waals surface area contributed by atoms with Gasteiger partial charge in [0.2, 0.25) is 0 Å². The predicted octanol–water partition coefficient (Wildman–Crippen LogP) is 1.58. The molecule has 1 heterocycles. The van der Waals surface area contributed by atoms with Gasteiger partial charge >= 0.3 is 0 Å². The number of aliphatic hydroxyl groups is 1. The van der Waals surface area contributed by atoms with Crippen LogP contribution < -0.4 is 5.32 Å². The van der Waals surface area contributed by atoms with E-state index >= 15 is 0 Å². The van der Waals surface area contributed by atoms with Gasteiger partial charge in [0, 0.05) is 19.3 Å². The van der Waals surface area contributed by atoms with Crippen LogP contribution in [0.25, 0.3) is 0 Å². The van der Waals surface area contributed by atoms with Crippen molar-refractivity contribution in [3.05, 3.63) is 53.3 Å². The number of aromatic nitrogens is 2. The third kappa shape index (κ3) is 3.05. The zero-order valence-corrected chi connectivity index (χ0v) is 11.7. The van der Waals surface area contributed by atoms with Crippen molar-refractivity contribution in [3.63, 3.8) is 0 Å². The van der Waals surface area contributed by atoms with Gasteiger partial charge in [0.15, 0.2) is 0 Å². The molecule has 0 aliphatic heterocycles. The van der Waals surface area contributed by atoms with Crippen molar-refractivity contribution in [1.82, 2.24) is 15.1 Å². The zero-order chi connectivity index (χ0) is 14.5. The van der Waals surface area contributed by atoms with Gasteiger partial charge in [-0.25, -0.2) is 0 Å². The zero-order valence-electron chi connectivity index (χ0n) is 11.7. The highest BCUT2D eigenvalue weighted by Crippen LogP contribution is 2.17. The molecule has 2 aromatic rings. The Morgan fingerprint density at radius 3 is 2.65 bits per heavy atom. The standard InChI is InChI=1S/C15H19N3O2/c1-11-13(10-16-18(11)2)15(20)17-14(8-9-19)12-6-4-3-5-7-12/h3-7,10,14,19H,8-9H2,1-2H3,(H,17,20). The molecule has 0 saturated heterocycles. The Morgan fingerprint density at radius 1 is 1.40 bits per heavy atom. The molecule has 1 amide bonds. The molecule has 1 aromatic heterocycles. The Labute approximate surface area is 118 Å². The number of carbonyl (C=O) groups is 1. The average Bonchev–Trinajstić information content (AvgIpc) is 2.79. The summed E-state index contributed by atoms with van der Waals surface area (Å²) in [6.07, 6.45) is 2.04. The number of hydrogen-bond acceptors (Lipinski definition) is 3. The molecule has 0 spiro atoms. The van der Waals surface area contributed by atoms with Gasteiger partial charge in [-0.1, -0.05) is 30.3 Å². The van der Waals surface area contributed by atoms with Crippen molar-refractivity contribution in [2.45, 2.75) is 19.4 Å². The van der Waals surface area contributed by atoms with Crippen LogP contribution in [-0.4, -0.2) is 27.4 Å². The summed E-state index contributed by atoms with van der Waals surface area (Å²) in [7, 11) is 1.80. The van der Waals surface area contributed by atoms with E-state index < -0.39 is 0 Å². The molecule has 5 heteroatoms. The highest BCUT2D eigenvalue weighted by Gasteiger charge is 2.18. The van der Waals surface area contributed by atoms with E-state index in [-0.39, 0.29) is 18.6 Å². The van der Waals surface area contributed by atoms with Crippen LogP contribution in [0.3, 0.4) is 0 Å². The third-order valence-corrected chi connectivity index (χ3v) is 3.40. The summed E-state index contributed by atoms with van der Waals surface area (Å²) >= 11 is 0. The van der Waals surface area contributed by atoms with Crippen LogP contribution in [0.5, 0.6) is 0 Å². The summed E-state index contributed by atoms with van der Waals surface area (Å²) in [6, 6.07) is 9.44. The van der Waals surface area contributed by atoms with Crippen LogP contribution >= 0.6 is 0 Å². The molecule has 1 atom stereocenters. The molecule has 0 radical (unpaired) electrons. The van der Waals surface area contributed by atoms with Gasteiger partial charge in [-0.15, -0.1) is 0 Å². The minimum absolute atomic E-state index is 0.0197. The summed E-state index contributed by atoms with van der Waals surface area (Å²) in [5.74, 6) is -0.169. The quantitative estimate of drug-likeness (QED) is 0.869. The summed E-state index contributed by atoms with van der Waals surface area (Å²) in [4.78, 5) is 12.3. The smallest absolute Gasteiger partial charge is 0.255 e. The lowest BCUT2D eigenvalue weighted by Crippen LogP contribution is -2.29. The lowest BCUT2D eigenvalue weighted by molar-refractivity contribution is 0.0929. The second-order valence-corrected chi connectivity index (χ2v) is 4.72. The Morgan fingerprint density at radius 2 is 2.10 bits per heavy atom. The van der Waals surface area contributed by atoms with Gasteiger partial charge < -0.3 is 10.4 Å². The van der Waals surface area contributed by atoms with E-state index in [1.807, 2.05) is 37.3 Å². The molecule has 0 bridgehead atoms. The predicted molar refractivity (Wildman–Crippen MR) is 76.3 cm³/mol. The monoisotopic (exact) mass is 273 g/mol. The first-order chi connectivity index (χ1) is 9.63. The number of nitrogens with zero attached hydrogens (tertiary/aromatic N) is 2. The number of aryl methyl sites for hydroxylation is 1.